The Hall–Kier alpha value is -1.88. The molecule has 5 aliphatic rings. The molecule has 0 heterocycles. The standard InChI is InChI=1S/C30H36F4O/c1-18-6-5-7-20(10-8-18)24-17-27(3)25(14-15-29(27,35)30(33,34)28(4,31)32)23-13-11-21-16-19(2)9-12-22(21)26(23)24/h5,7-8,10,16,23-25,35H,2,6,9,11-15,17H2,1,3-4H3. The van der Waals surface area contributed by atoms with Crippen LogP contribution in [0, 0.1) is 23.2 Å². The van der Waals surface area contributed by atoms with Gasteiger partial charge in [-0.3, -0.25) is 0 Å². The molecule has 0 radical (unpaired) electrons. The van der Waals surface area contributed by atoms with E-state index in [-0.39, 0.29) is 37.5 Å². The molecule has 0 bridgehead atoms. The maximum absolute atomic E-state index is 15.4. The summed E-state index contributed by atoms with van der Waals surface area (Å²) in [6, 6.07) is 0. The summed E-state index contributed by atoms with van der Waals surface area (Å²) in [5.74, 6) is -9.24. The summed E-state index contributed by atoms with van der Waals surface area (Å²) in [4.78, 5) is 0. The third-order valence-electron chi connectivity index (χ3n) is 9.79. The van der Waals surface area contributed by atoms with E-state index in [1.54, 1.807) is 6.92 Å². The Morgan fingerprint density at radius 1 is 1.09 bits per heavy atom. The summed E-state index contributed by atoms with van der Waals surface area (Å²) in [7, 11) is 0. The summed E-state index contributed by atoms with van der Waals surface area (Å²) in [5, 5.41) is 11.6. The average Bonchev–Trinajstić information content (AvgIpc) is 2.91. The zero-order valence-electron chi connectivity index (χ0n) is 20.9. The smallest absolute Gasteiger partial charge is 0.338 e. The van der Waals surface area contributed by atoms with Crippen molar-refractivity contribution in [2.24, 2.45) is 23.2 Å². The van der Waals surface area contributed by atoms with Crippen LogP contribution in [0.15, 0.2) is 70.4 Å². The van der Waals surface area contributed by atoms with Crippen LogP contribution in [-0.4, -0.2) is 22.6 Å². The van der Waals surface area contributed by atoms with Gasteiger partial charge in [0.1, 0.15) is 5.60 Å². The molecule has 0 spiro atoms. The van der Waals surface area contributed by atoms with Crippen LogP contribution in [-0.2, 0) is 0 Å². The molecule has 0 aromatic rings. The van der Waals surface area contributed by atoms with Gasteiger partial charge < -0.3 is 5.11 Å². The summed E-state index contributed by atoms with van der Waals surface area (Å²) in [6.07, 6.45) is 15.0. The van der Waals surface area contributed by atoms with Crippen LogP contribution < -0.4 is 0 Å². The van der Waals surface area contributed by atoms with Crippen molar-refractivity contribution in [3.63, 3.8) is 0 Å². The first-order chi connectivity index (χ1) is 16.3. The van der Waals surface area contributed by atoms with Gasteiger partial charge in [-0.15, -0.1) is 0 Å². The molecular weight excluding hydrogens is 452 g/mol. The fourth-order valence-electron chi connectivity index (χ4n) is 7.91. The Kier molecular flexibility index (Phi) is 5.71. The van der Waals surface area contributed by atoms with Gasteiger partial charge in [-0.05, 0) is 86.8 Å². The van der Waals surface area contributed by atoms with E-state index < -0.39 is 22.9 Å². The number of hydrogen-bond donors (Lipinski definition) is 1. The minimum atomic E-state index is -4.51. The van der Waals surface area contributed by atoms with Crippen molar-refractivity contribution in [3.05, 3.63) is 70.4 Å². The number of aliphatic hydroxyl groups is 1. The Morgan fingerprint density at radius 3 is 2.54 bits per heavy atom. The van der Waals surface area contributed by atoms with E-state index in [9.17, 15) is 13.9 Å². The van der Waals surface area contributed by atoms with Gasteiger partial charge in [0, 0.05) is 18.3 Å². The van der Waals surface area contributed by atoms with E-state index >= 15 is 8.78 Å². The van der Waals surface area contributed by atoms with Crippen LogP contribution in [0.1, 0.15) is 72.1 Å². The van der Waals surface area contributed by atoms with Crippen molar-refractivity contribution < 1.29 is 22.7 Å². The van der Waals surface area contributed by atoms with Gasteiger partial charge >= 0.3 is 11.8 Å². The Labute approximate surface area is 206 Å². The molecule has 35 heavy (non-hydrogen) atoms. The van der Waals surface area contributed by atoms with Gasteiger partial charge in [0.15, 0.2) is 0 Å². The predicted molar refractivity (Wildman–Crippen MR) is 131 cm³/mol. The fraction of sp³-hybridized carbons (Fsp3) is 0.600. The van der Waals surface area contributed by atoms with E-state index in [2.05, 4.69) is 43.9 Å². The lowest BCUT2D eigenvalue weighted by Crippen LogP contribution is -2.65. The molecule has 1 nitrogen and oxygen atoms in total. The van der Waals surface area contributed by atoms with Crippen LogP contribution in [0.5, 0.6) is 0 Å². The van der Waals surface area contributed by atoms with Gasteiger partial charge in [0.05, 0.1) is 0 Å². The second-order valence-electron chi connectivity index (χ2n) is 11.8. The molecule has 2 saturated carbocycles. The minimum absolute atomic E-state index is 0.00944. The van der Waals surface area contributed by atoms with Gasteiger partial charge in [-0.2, -0.15) is 8.78 Å². The van der Waals surface area contributed by atoms with E-state index in [1.165, 1.54) is 22.3 Å². The Balaban J connectivity index is 1.69. The quantitative estimate of drug-likeness (QED) is 0.397. The molecule has 0 aromatic heterocycles. The molecular formula is C30H36F4O. The van der Waals surface area contributed by atoms with Crippen LogP contribution in [0.2, 0.25) is 0 Å². The van der Waals surface area contributed by atoms with E-state index in [0.717, 1.165) is 43.3 Å². The van der Waals surface area contributed by atoms with E-state index in [0.29, 0.717) is 6.42 Å². The van der Waals surface area contributed by atoms with Crippen molar-refractivity contribution >= 4 is 0 Å². The normalized spacial score (nSPS) is 37.7. The summed E-state index contributed by atoms with van der Waals surface area (Å²) in [5.41, 5.74) is 3.19. The number of halogens is 4. The molecule has 190 valence electrons. The van der Waals surface area contributed by atoms with Crippen molar-refractivity contribution in [1.29, 1.82) is 0 Å². The molecule has 2 fully saturated rings. The van der Waals surface area contributed by atoms with Crippen LogP contribution in [0.4, 0.5) is 17.6 Å². The highest BCUT2D eigenvalue weighted by molar-refractivity contribution is 5.52. The van der Waals surface area contributed by atoms with Crippen LogP contribution in [0.3, 0.4) is 0 Å². The van der Waals surface area contributed by atoms with Gasteiger partial charge in [0.2, 0.25) is 0 Å². The third-order valence-corrected chi connectivity index (χ3v) is 9.79. The molecule has 0 aliphatic heterocycles. The second-order valence-corrected chi connectivity index (χ2v) is 11.8. The molecule has 5 aliphatic carbocycles. The van der Waals surface area contributed by atoms with Crippen molar-refractivity contribution in [2.75, 3.05) is 0 Å². The highest BCUT2D eigenvalue weighted by atomic mass is 19.3. The number of fused-ring (bicyclic) bond motifs is 4. The maximum atomic E-state index is 15.4. The summed E-state index contributed by atoms with van der Waals surface area (Å²) >= 11 is 0. The lowest BCUT2D eigenvalue weighted by atomic mass is 9.50. The average molecular weight is 489 g/mol. The third kappa shape index (κ3) is 3.51. The summed E-state index contributed by atoms with van der Waals surface area (Å²) < 4.78 is 59.4. The summed E-state index contributed by atoms with van der Waals surface area (Å²) in [6.45, 7) is 8.12. The monoisotopic (exact) mass is 488 g/mol. The lowest BCUT2D eigenvalue weighted by Gasteiger charge is -2.56. The highest BCUT2D eigenvalue weighted by Crippen LogP contribution is 2.70. The molecule has 0 saturated heterocycles. The molecule has 5 unspecified atom stereocenters. The SMILES string of the molecule is C=C1C=C2CCC3C(=C2CC1)C(C1=CC=C(C)CC=C1)CC1(C)C3CCC1(O)C(F)(F)C(C)(F)F. The van der Waals surface area contributed by atoms with Gasteiger partial charge in [-0.25, -0.2) is 8.78 Å². The molecule has 5 rings (SSSR count). The fourth-order valence-corrected chi connectivity index (χ4v) is 7.91. The zero-order chi connectivity index (χ0) is 25.4. The number of rotatable bonds is 3. The first-order valence-electron chi connectivity index (χ1n) is 12.9. The first kappa shape index (κ1) is 24.8. The Bertz CT molecular complexity index is 1100. The molecule has 5 atom stereocenters. The zero-order valence-corrected chi connectivity index (χ0v) is 20.9. The second kappa shape index (κ2) is 8.06. The van der Waals surface area contributed by atoms with Crippen LogP contribution >= 0.6 is 0 Å². The predicted octanol–water partition coefficient (Wildman–Crippen LogP) is 8.26. The van der Waals surface area contributed by atoms with E-state index in [1.807, 2.05) is 0 Å². The van der Waals surface area contributed by atoms with Crippen molar-refractivity contribution in [2.45, 2.75) is 89.6 Å². The molecule has 1 N–H and O–H groups in total. The van der Waals surface area contributed by atoms with Gasteiger partial charge in [0.25, 0.3) is 0 Å². The first-order valence-corrected chi connectivity index (χ1v) is 12.9. The number of hydrogen-bond acceptors (Lipinski definition) is 1. The molecule has 5 heteroatoms. The van der Waals surface area contributed by atoms with E-state index in [4.69, 9.17) is 0 Å². The maximum Gasteiger partial charge on any atom is 0.338 e. The molecule has 0 amide bonds. The van der Waals surface area contributed by atoms with Crippen molar-refractivity contribution in [3.8, 4) is 0 Å². The van der Waals surface area contributed by atoms with Gasteiger partial charge in [-0.1, -0.05) is 60.6 Å². The lowest BCUT2D eigenvalue weighted by molar-refractivity contribution is -0.316. The molecule has 0 aromatic carbocycles. The Morgan fingerprint density at radius 2 is 1.83 bits per heavy atom. The topological polar surface area (TPSA) is 20.2 Å². The number of allylic oxidation sites excluding steroid dienone is 11. The minimum Gasteiger partial charge on any atom is -0.383 e. The van der Waals surface area contributed by atoms with Crippen molar-refractivity contribution in [1.82, 2.24) is 0 Å². The largest absolute Gasteiger partial charge is 0.383 e. The number of alkyl halides is 4. The van der Waals surface area contributed by atoms with Crippen LogP contribution in [0.25, 0.3) is 0 Å². The highest BCUT2D eigenvalue weighted by Gasteiger charge is 2.76.